The van der Waals surface area contributed by atoms with Crippen LogP contribution in [0.3, 0.4) is 0 Å². The maximum Gasteiger partial charge on any atom is 0.253 e. The number of sulfonamides is 1. The molecule has 1 aliphatic heterocycles. The number of hydrogen-bond acceptors (Lipinski definition) is 4. The lowest BCUT2D eigenvalue weighted by atomic mass is 9.94. The Morgan fingerprint density at radius 1 is 1.19 bits per heavy atom. The molecule has 1 amide bonds. The van der Waals surface area contributed by atoms with Crippen LogP contribution >= 0.6 is 0 Å². The number of carbonyl (C=O) groups is 1. The summed E-state index contributed by atoms with van der Waals surface area (Å²) < 4.78 is 33.1. The highest BCUT2D eigenvalue weighted by Crippen LogP contribution is 2.23. The topological polar surface area (TPSA) is 75.7 Å². The van der Waals surface area contributed by atoms with Gasteiger partial charge in [0.25, 0.3) is 5.91 Å². The van der Waals surface area contributed by atoms with E-state index in [4.69, 9.17) is 4.74 Å². The number of nitrogens with one attached hydrogen (secondary N) is 1. The molecule has 3 rings (SSSR count). The molecular formula is C19H28N2O4S. The van der Waals surface area contributed by atoms with Crippen molar-refractivity contribution in [3.63, 3.8) is 0 Å². The fourth-order valence-corrected chi connectivity index (χ4v) is 4.84. The number of nitrogens with zero attached hydrogens (tertiary/aromatic N) is 1. The standard InChI is InChI=1S/C19H28N2O4S/c1-21(16-8-3-2-4-9-16)19(22)15-7-5-11-18(13-15)26(23,24)20-14-17-10-6-12-25-17/h5,7,11,13,16-17,20H,2-4,6,8-10,12,14H2,1H3. The Morgan fingerprint density at radius 2 is 1.96 bits per heavy atom. The average molecular weight is 381 g/mol. The summed E-state index contributed by atoms with van der Waals surface area (Å²) in [7, 11) is -1.84. The monoisotopic (exact) mass is 380 g/mol. The summed E-state index contributed by atoms with van der Waals surface area (Å²) in [5, 5.41) is 0. The van der Waals surface area contributed by atoms with Crippen LogP contribution in [-0.2, 0) is 14.8 Å². The third-order valence-corrected chi connectivity index (χ3v) is 6.78. The lowest BCUT2D eigenvalue weighted by Gasteiger charge is -2.31. The van der Waals surface area contributed by atoms with Crippen molar-refractivity contribution in [1.82, 2.24) is 9.62 Å². The van der Waals surface area contributed by atoms with Gasteiger partial charge < -0.3 is 9.64 Å². The number of benzene rings is 1. The van der Waals surface area contributed by atoms with Gasteiger partial charge in [0.15, 0.2) is 0 Å². The van der Waals surface area contributed by atoms with Crippen LogP contribution in [-0.4, -0.2) is 51.6 Å². The average Bonchev–Trinajstić information content (AvgIpc) is 3.20. The van der Waals surface area contributed by atoms with E-state index in [1.165, 1.54) is 18.6 Å². The SMILES string of the molecule is CN(C(=O)c1cccc(S(=O)(=O)NCC2CCCO2)c1)C1CCCCC1. The highest BCUT2D eigenvalue weighted by atomic mass is 32.2. The second-order valence-electron chi connectivity index (χ2n) is 7.22. The van der Waals surface area contributed by atoms with Gasteiger partial charge in [0.05, 0.1) is 11.0 Å². The smallest absolute Gasteiger partial charge is 0.253 e. The lowest BCUT2D eigenvalue weighted by Crippen LogP contribution is -2.38. The molecule has 1 N–H and O–H groups in total. The highest BCUT2D eigenvalue weighted by Gasteiger charge is 2.25. The van der Waals surface area contributed by atoms with Crippen molar-refractivity contribution in [3.05, 3.63) is 29.8 Å². The van der Waals surface area contributed by atoms with E-state index in [0.29, 0.717) is 12.2 Å². The molecule has 144 valence electrons. The normalized spacial score (nSPS) is 21.7. The Labute approximate surface area is 156 Å². The van der Waals surface area contributed by atoms with Gasteiger partial charge in [0.2, 0.25) is 10.0 Å². The Hall–Kier alpha value is -1.44. The van der Waals surface area contributed by atoms with Gasteiger partial charge in [0.1, 0.15) is 0 Å². The molecule has 0 spiro atoms. The predicted octanol–water partition coefficient (Wildman–Crippen LogP) is 2.55. The molecule has 1 aliphatic carbocycles. The van der Waals surface area contributed by atoms with E-state index in [1.807, 2.05) is 7.05 Å². The molecule has 26 heavy (non-hydrogen) atoms. The van der Waals surface area contributed by atoms with Crippen LogP contribution < -0.4 is 4.72 Å². The third-order valence-electron chi connectivity index (χ3n) is 5.36. The molecule has 0 aromatic heterocycles. The molecule has 6 nitrogen and oxygen atoms in total. The largest absolute Gasteiger partial charge is 0.377 e. The van der Waals surface area contributed by atoms with E-state index in [9.17, 15) is 13.2 Å². The van der Waals surface area contributed by atoms with Crippen LogP contribution in [0.1, 0.15) is 55.3 Å². The zero-order valence-corrected chi connectivity index (χ0v) is 16.1. The molecule has 2 aliphatic rings. The molecule has 0 radical (unpaired) electrons. The Morgan fingerprint density at radius 3 is 2.65 bits per heavy atom. The Balaban J connectivity index is 1.69. The third kappa shape index (κ3) is 4.64. The van der Waals surface area contributed by atoms with E-state index in [2.05, 4.69) is 4.72 Å². The first kappa shape index (κ1) is 19.3. The number of ether oxygens (including phenoxy) is 1. The van der Waals surface area contributed by atoms with Gasteiger partial charge in [-0.05, 0) is 43.9 Å². The second kappa shape index (κ2) is 8.50. The van der Waals surface area contributed by atoms with Crippen molar-refractivity contribution in [2.75, 3.05) is 20.2 Å². The summed E-state index contributed by atoms with van der Waals surface area (Å²) in [5.41, 5.74) is 0.415. The predicted molar refractivity (Wildman–Crippen MR) is 99.6 cm³/mol. The fourth-order valence-electron chi connectivity index (χ4n) is 3.73. The molecule has 1 aromatic rings. The number of rotatable bonds is 6. The first-order valence-corrected chi connectivity index (χ1v) is 10.9. The zero-order chi connectivity index (χ0) is 18.6. The highest BCUT2D eigenvalue weighted by molar-refractivity contribution is 7.89. The summed E-state index contributed by atoms with van der Waals surface area (Å²) in [5.74, 6) is -0.118. The number of amides is 1. The van der Waals surface area contributed by atoms with Crippen molar-refractivity contribution in [2.24, 2.45) is 0 Å². The molecule has 1 saturated heterocycles. The summed E-state index contributed by atoms with van der Waals surface area (Å²) in [4.78, 5) is 14.7. The second-order valence-corrected chi connectivity index (χ2v) is 8.99. The lowest BCUT2D eigenvalue weighted by molar-refractivity contribution is 0.0696. The van der Waals surface area contributed by atoms with Gasteiger partial charge in [0, 0.05) is 31.8 Å². The number of hydrogen-bond donors (Lipinski definition) is 1. The van der Waals surface area contributed by atoms with Gasteiger partial charge in [-0.3, -0.25) is 4.79 Å². The molecule has 1 saturated carbocycles. The van der Waals surface area contributed by atoms with Crippen LogP contribution in [0.5, 0.6) is 0 Å². The van der Waals surface area contributed by atoms with E-state index < -0.39 is 10.0 Å². The van der Waals surface area contributed by atoms with Crippen LogP contribution in [0.2, 0.25) is 0 Å². The molecular weight excluding hydrogens is 352 g/mol. The van der Waals surface area contributed by atoms with E-state index in [0.717, 1.165) is 38.5 Å². The van der Waals surface area contributed by atoms with Crippen LogP contribution in [0, 0.1) is 0 Å². The van der Waals surface area contributed by atoms with Gasteiger partial charge in [-0.1, -0.05) is 25.3 Å². The van der Waals surface area contributed by atoms with Crippen LogP contribution in [0.15, 0.2) is 29.2 Å². The van der Waals surface area contributed by atoms with Gasteiger partial charge in [-0.25, -0.2) is 13.1 Å². The minimum absolute atomic E-state index is 0.0629. The Bertz CT molecular complexity index is 723. The minimum atomic E-state index is -3.66. The summed E-state index contributed by atoms with van der Waals surface area (Å²) in [6.45, 7) is 0.951. The minimum Gasteiger partial charge on any atom is -0.377 e. The van der Waals surface area contributed by atoms with E-state index in [1.54, 1.807) is 17.0 Å². The summed E-state index contributed by atoms with van der Waals surface area (Å²) in [6.07, 6.45) is 7.31. The molecule has 1 unspecified atom stereocenters. The quantitative estimate of drug-likeness (QED) is 0.823. The summed E-state index contributed by atoms with van der Waals surface area (Å²) >= 11 is 0. The maximum atomic E-state index is 12.8. The summed E-state index contributed by atoms with van der Waals surface area (Å²) in [6, 6.07) is 6.55. The van der Waals surface area contributed by atoms with E-state index in [-0.39, 0.29) is 29.5 Å². The van der Waals surface area contributed by atoms with Gasteiger partial charge >= 0.3 is 0 Å². The molecule has 1 atom stereocenters. The van der Waals surface area contributed by atoms with Gasteiger partial charge in [-0.2, -0.15) is 0 Å². The van der Waals surface area contributed by atoms with Crippen molar-refractivity contribution in [1.29, 1.82) is 0 Å². The number of carbonyl (C=O) groups excluding carboxylic acids is 1. The van der Waals surface area contributed by atoms with Crippen molar-refractivity contribution in [2.45, 2.75) is 62.0 Å². The van der Waals surface area contributed by atoms with E-state index >= 15 is 0 Å². The van der Waals surface area contributed by atoms with Crippen molar-refractivity contribution >= 4 is 15.9 Å². The van der Waals surface area contributed by atoms with Crippen molar-refractivity contribution in [3.8, 4) is 0 Å². The Kier molecular flexibility index (Phi) is 6.32. The first-order chi connectivity index (χ1) is 12.5. The van der Waals surface area contributed by atoms with Gasteiger partial charge in [-0.15, -0.1) is 0 Å². The molecule has 2 fully saturated rings. The van der Waals surface area contributed by atoms with Crippen molar-refractivity contribution < 1.29 is 17.9 Å². The molecule has 1 heterocycles. The first-order valence-electron chi connectivity index (χ1n) is 9.46. The molecule has 7 heteroatoms. The fraction of sp³-hybridized carbons (Fsp3) is 0.632. The maximum absolute atomic E-state index is 12.8. The van der Waals surface area contributed by atoms with Crippen LogP contribution in [0.4, 0.5) is 0 Å². The molecule has 0 bridgehead atoms. The zero-order valence-electron chi connectivity index (χ0n) is 15.3. The molecule has 1 aromatic carbocycles. The van der Waals surface area contributed by atoms with Crippen LogP contribution in [0.25, 0.3) is 0 Å².